The predicted octanol–water partition coefficient (Wildman–Crippen LogP) is 3.29. The fourth-order valence-corrected chi connectivity index (χ4v) is 2.92. The second kappa shape index (κ2) is 6.79. The number of rotatable bonds is 3. The van der Waals surface area contributed by atoms with Crippen LogP contribution in [0.5, 0.6) is 0 Å². The Bertz CT molecular complexity index is 483. The highest BCUT2D eigenvalue weighted by molar-refractivity contribution is 6.42. The lowest BCUT2D eigenvalue weighted by Crippen LogP contribution is -2.39. The molecule has 1 aromatic rings. The minimum atomic E-state index is 0.176. The average Bonchev–Trinajstić information content (AvgIpc) is 2.43. The third-order valence-electron chi connectivity index (χ3n) is 3.77. The molecule has 1 heterocycles. The first-order valence-electron chi connectivity index (χ1n) is 6.85. The summed E-state index contributed by atoms with van der Waals surface area (Å²) in [5.74, 6) is 0.425. The smallest absolute Gasteiger partial charge is 0.225 e. The zero-order chi connectivity index (χ0) is 14.7. The van der Waals surface area contributed by atoms with E-state index in [9.17, 15) is 4.79 Å². The summed E-state index contributed by atoms with van der Waals surface area (Å²) in [7, 11) is 3.65. The van der Waals surface area contributed by atoms with E-state index >= 15 is 0 Å². The van der Waals surface area contributed by atoms with Crippen LogP contribution in [0, 0.1) is 5.92 Å². The van der Waals surface area contributed by atoms with Crippen molar-refractivity contribution in [1.82, 2.24) is 9.80 Å². The standard InChI is InChI=1S/C15H20Cl2N2O/c1-18(2)15(20)12-5-7-19(8-6-12)10-11-3-4-13(16)14(17)9-11/h3-4,9,12H,5-8,10H2,1-2H3. The maximum Gasteiger partial charge on any atom is 0.225 e. The quantitative estimate of drug-likeness (QED) is 0.854. The van der Waals surface area contributed by atoms with Gasteiger partial charge in [0.15, 0.2) is 0 Å². The van der Waals surface area contributed by atoms with E-state index in [4.69, 9.17) is 23.2 Å². The van der Waals surface area contributed by atoms with Crippen LogP contribution in [0.2, 0.25) is 10.0 Å². The Labute approximate surface area is 130 Å². The highest BCUT2D eigenvalue weighted by Crippen LogP contribution is 2.25. The van der Waals surface area contributed by atoms with Gasteiger partial charge in [-0.2, -0.15) is 0 Å². The summed E-state index contributed by atoms with van der Waals surface area (Å²) in [6.45, 7) is 2.76. The molecule has 0 N–H and O–H groups in total. The lowest BCUT2D eigenvalue weighted by molar-refractivity contribution is -0.134. The SMILES string of the molecule is CN(C)C(=O)C1CCN(Cc2ccc(Cl)c(Cl)c2)CC1. The van der Waals surface area contributed by atoms with Gasteiger partial charge < -0.3 is 4.90 Å². The fraction of sp³-hybridized carbons (Fsp3) is 0.533. The van der Waals surface area contributed by atoms with Gasteiger partial charge in [-0.1, -0.05) is 29.3 Å². The largest absolute Gasteiger partial charge is 0.349 e. The van der Waals surface area contributed by atoms with Gasteiger partial charge >= 0.3 is 0 Å². The summed E-state index contributed by atoms with van der Waals surface area (Å²) < 4.78 is 0. The highest BCUT2D eigenvalue weighted by Gasteiger charge is 2.25. The Balaban J connectivity index is 1.88. The van der Waals surface area contributed by atoms with E-state index in [0.29, 0.717) is 10.0 Å². The monoisotopic (exact) mass is 314 g/mol. The van der Waals surface area contributed by atoms with E-state index < -0.39 is 0 Å². The molecule has 5 heteroatoms. The molecule has 0 saturated carbocycles. The van der Waals surface area contributed by atoms with Crippen molar-refractivity contribution in [3.05, 3.63) is 33.8 Å². The molecule has 1 amide bonds. The zero-order valence-electron chi connectivity index (χ0n) is 11.9. The molecule has 0 aromatic heterocycles. The number of carbonyl (C=O) groups excluding carboxylic acids is 1. The first kappa shape index (κ1) is 15.6. The predicted molar refractivity (Wildman–Crippen MR) is 83.2 cm³/mol. The summed E-state index contributed by atoms with van der Waals surface area (Å²) in [5, 5.41) is 1.19. The molecule has 1 aliphatic heterocycles. The van der Waals surface area contributed by atoms with Gasteiger partial charge in [0.1, 0.15) is 0 Å². The second-order valence-electron chi connectivity index (χ2n) is 5.53. The minimum absolute atomic E-state index is 0.176. The molecule has 1 fully saturated rings. The number of nitrogens with zero attached hydrogens (tertiary/aromatic N) is 2. The molecule has 0 spiro atoms. The molecule has 110 valence electrons. The first-order valence-corrected chi connectivity index (χ1v) is 7.60. The topological polar surface area (TPSA) is 23.6 Å². The van der Waals surface area contributed by atoms with Crippen molar-refractivity contribution in [2.24, 2.45) is 5.92 Å². The Morgan fingerprint density at radius 1 is 1.25 bits per heavy atom. The van der Waals surface area contributed by atoms with E-state index in [0.717, 1.165) is 38.0 Å². The van der Waals surface area contributed by atoms with Crippen LogP contribution in [-0.4, -0.2) is 42.9 Å². The minimum Gasteiger partial charge on any atom is -0.349 e. The van der Waals surface area contributed by atoms with Crippen LogP contribution in [-0.2, 0) is 11.3 Å². The van der Waals surface area contributed by atoms with Gasteiger partial charge in [-0.15, -0.1) is 0 Å². The Kier molecular flexibility index (Phi) is 5.30. The fourth-order valence-electron chi connectivity index (χ4n) is 2.60. The number of hydrogen-bond acceptors (Lipinski definition) is 2. The van der Waals surface area contributed by atoms with Crippen LogP contribution in [0.3, 0.4) is 0 Å². The van der Waals surface area contributed by atoms with Gasteiger partial charge in [0, 0.05) is 26.6 Å². The molecule has 1 aromatic carbocycles. The third-order valence-corrected chi connectivity index (χ3v) is 4.51. The van der Waals surface area contributed by atoms with E-state index in [1.54, 1.807) is 4.90 Å². The Morgan fingerprint density at radius 2 is 1.90 bits per heavy atom. The molecule has 0 aliphatic carbocycles. The first-order chi connectivity index (χ1) is 9.47. The van der Waals surface area contributed by atoms with Crippen LogP contribution in [0.1, 0.15) is 18.4 Å². The van der Waals surface area contributed by atoms with Crippen molar-refractivity contribution in [1.29, 1.82) is 0 Å². The number of amides is 1. The van der Waals surface area contributed by atoms with Crippen molar-refractivity contribution in [3.63, 3.8) is 0 Å². The van der Waals surface area contributed by atoms with E-state index in [-0.39, 0.29) is 11.8 Å². The van der Waals surface area contributed by atoms with Crippen LogP contribution < -0.4 is 0 Å². The van der Waals surface area contributed by atoms with Crippen molar-refractivity contribution < 1.29 is 4.79 Å². The summed E-state index contributed by atoms with van der Waals surface area (Å²) in [6, 6.07) is 5.76. The number of hydrogen-bond donors (Lipinski definition) is 0. The Hall–Kier alpha value is -0.770. The van der Waals surface area contributed by atoms with Crippen molar-refractivity contribution in [2.75, 3.05) is 27.2 Å². The molecule has 2 rings (SSSR count). The number of halogens is 2. The van der Waals surface area contributed by atoms with Gasteiger partial charge in [0.05, 0.1) is 10.0 Å². The molecular formula is C15H20Cl2N2O. The van der Waals surface area contributed by atoms with E-state index in [2.05, 4.69) is 4.90 Å². The second-order valence-corrected chi connectivity index (χ2v) is 6.35. The molecule has 20 heavy (non-hydrogen) atoms. The summed E-state index contributed by atoms with van der Waals surface area (Å²) in [6.07, 6.45) is 1.86. The van der Waals surface area contributed by atoms with Crippen molar-refractivity contribution in [2.45, 2.75) is 19.4 Å². The number of benzene rings is 1. The van der Waals surface area contributed by atoms with Gasteiger partial charge in [-0.25, -0.2) is 0 Å². The maximum absolute atomic E-state index is 11.9. The van der Waals surface area contributed by atoms with E-state index in [1.165, 1.54) is 0 Å². The third kappa shape index (κ3) is 3.87. The lowest BCUT2D eigenvalue weighted by Gasteiger charge is -2.32. The van der Waals surface area contributed by atoms with Gasteiger partial charge in [-0.05, 0) is 43.6 Å². The number of likely N-dealkylation sites (tertiary alicyclic amines) is 1. The molecule has 3 nitrogen and oxygen atoms in total. The normalized spacial score (nSPS) is 17.2. The molecule has 0 bridgehead atoms. The molecular weight excluding hydrogens is 295 g/mol. The molecule has 1 aliphatic rings. The average molecular weight is 315 g/mol. The van der Waals surface area contributed by atoms with Crippen LogP contribution >= 0.6 is 23.2 Å². The Morgan fingerprint density at radius 3 is 2.45 bits per heavy atom. The summed E-state index contributed by atoms with van der Waals surface area (Å²) in [5.41, 5.74) is 1.16. The molecule has 0 unspecified atom stereocenters. The summed E-state index contributed by atoms with van der Waals surface area (Å²) >= 11 is 11.9. The van der Waals surface area contributed by atoms with Crippen LogP contribution in [0.25, 0.3) is 0 Å². The number of piperidine rings is 1. The van der Waals surface area contributed by atoms with Gasteiger partial charge in [-0.3, -0.25) is 9.69 Å². The van der Waals surface area contributed by atoms with Crippen LogP contribution in [0.15, 0.2) is 18.2 Å². The number of carbonyl (C=O) groups is 1. The van der Waals surface area contributed by atoms with Crippen LogP contribution in [0.4, 0.5) is 0 Å². The zero-order valence-corrected chi connectivity index (χ0v) is 13.4. The van der Waals surface area contributed by atoms with Crippen molar-refractivity contribution in [3.8, 4) is 0 Å². The van der Waals surface area contributed by atoms with E-state index in [1.807, 2.05) is 32.3 Å². The highest BCUT2D eigenvalue weighted by atomic mass is 35.5. The van der Waals surface area contributed by atoms with Gasteiger partial charge in [0.25, 0.3) is 0 Å². The molecule has 0 atom stereocenters. The summed E-state index contributed by atoms with van der Waals surface area (Å²) in [4.78, 5) is 16.0. The maximum atomic E-state index is 11.9. The molecule has 0 radical (unpaired) electrons. The van der Waals surface area contributed by atoms with Gasteiger partial charge in [0.2, 0.25) is 5.91 Å². The molecule has 1 saturated heterocycles. The lowest BCUT2D eigenvalue weighted by atomic mass is 9.95. The van der Waals surface area contributed by atoms with Crippen molar-refractivity contribution >= 4 is 29.1 Å².